The van der Waals surface area contributed by atoms with Crippen molar-refractivity contribution in [1.82, 2.24) is 0 Å². The van der Waals surface area contributed by atoms with Gasteiger partial charge in [0, 0.05) is 12.8 Å². The topological polar surface area (TPSA) is 119 Å². The van der Waals surface area contributed by atoms with E-state index in [1.165, 1.54) is 148 Å². The fourth-order valence-corrected chi connectivity index (χ4v) is 6.98. The second-order valence-electron chi connectivity index (χ2n) is 15.7. The molecule has 9 heteroatoms. The van der Waals surface area contributed by atoms with Gasteiger partial charge in [0.25, 0.3) is 0 Å². The number of hydrogen-bond donors (Lipinski definition) is 2. The van der Waals surface area contributed by atoms with Gasteiger partial charge in [0.05, 0.1) is 6.61 Å². The van der Waals surface area contributed by atoms with Gasteiger partial charge in [0.1, 0.15) is 6.61 Å². The minimum absolute atomic E-state index is 0.149. The summed E-state index contributed by atoms with van der Waals surface area (Å²) in [5.41, 5.74) is 0. The van der Waals surface area contributed by atoms with Gasteiger partial charge in [0.2, 0.25) is 0 Å². The van der Waals surface area contributed by atoms with Crippen molar-refractivity contribution >= 4 is 19.8 Å². The zero-order chi connectivity index (χ0) is 41.1. The van der Waals surface area contributed by atoms with Crippen molar-refractivity contribution in [3.05, 3.63) is 36.5 Å². The molecule has 0 aliphatic rings. The highest BCUT2D eigenvalue weighted by Gasteiger charge is 2.22. The fourth-order valence-electron chi connectivity index (χ4n) is 6.62. The molecule has 0 aromatic heterocycles. The lowest BCUT2D eigenvalue weighted by Crippen LogP contribution is -2.29. The minimum atomic E-state index is -4.77. The lowest BCUT2D eigenvalue weighted by atomic mass is 10.0. The molecule has 0 unspecified atom stereocenters. The van der Waals surface area contributed by atoms with Crippen molar-refractivity contribution in [1.29, 1.82) is 0 Å². The van der Waals surface area contributed by atoms with Crippen LogP contribution in [0.1, 0.15) is 232 Å². The van der Waals surface area contributed by atoms with E-state index >= 15 is 0 Å². The molecule has 1 atom stereocenters. The number of phosphoric ester groups is 1. The normalized spacial score (nSPS) is 12.7. The molecule has 0 spiro atoms. The molecule has 0 bridgehead atoms. The summed E-state index contributed by atoms with van der Waals surface area (Å²) in [6, 6.07) is 0. The van der Waals surface area contributed by atoms with Crippen LogP contribution in [-0.2, 0) is 28.2 Å². The second-order valence-corrected chi connectivity index (χ2v) is 17.0. The van der Waals surface area contributed by atoms with Crippen LogP contribution in [0.4, 0.5) is 0 Å². The molecule has 0 amide bonds. The number of allylic oxidation sites excluding steroid dienone is 6. The van der Waals surface area contributed by atoms with Gasteiger partial charge in [-0.15, -0.1) is 0 Å². The average molecular weight is 811 g/mol. The number of unbranched alkanes of at least 4 members (excludes halogenated alkanes) is 27. The number of esters is 2. The molecule has 0 radical (unpaired) electrons. The Bertz CT molecular complexity index is 1000. The van der Waals surface area contributed by atoms with Crippen LogP contribution < -0.4 is 0 Å². The highest BCUT2D eigenvalue weighted by molar-refractivity contribution is 7.46. The number of hydrogen-bond acceptors (Lipinski definition) is 6. The maximum Gasteiger partial charge on any atom is 0.469 e. The van der Waals surface area contributed by atoms with Gasteiger partial charge in [-0.2, -0.15) is 0 Å². The Balaban J connectivity index is 3.92. The number of carbonyl (C=O) groups excluding carboxylic acids is 2. The maximum absolute atomic E-state index is 12.4. The van der Waals surface area contributed by atoms with E-state index in [-0.39, 0.29) is 19.4 Å². The summed E-state index contributed by atoms with van der Waals surface area (Å²) in [6.45, 7) is 3.66. The largest absolute Gasteiger partial charge is 0.469 e. The van der Waals surface area contributed by atoms with Crippen LogP contribution in [-0.4, -0.2) is 41.0 Å². The van der Waals surface area contributed by atoms with Crippen molar-refractivity contribution in [2.24, 2.45) is 0 Å². The van der Waals surface area contributed by atoms with Gasteiger partial charge in [0.15, 0.2) is 6.10 Å². The standard InChI is InChI=1S/C47H87O8P/c1-3-5-7-9-11-13-15-17-19-20-21-22-23-24-25-26-28-30-32-34-36-38-40-42-47(49)55-45(44-54-56(50,51)52)43-53-46(48)41-39-37-35-33-31-29-27-18-16-14-12-10-8-6-4-2/h26,28,31,33-34,36,45H,3-25,27,29-30,32,35,37-44H2,1-2H3,(H2,50,51,52)/b28-26+,33-31+,36-34+/t45-/m1/s1. The van der Waals surface area contributed by atoms with Gasteiger partial charge in [-0.1, -0.05) is 185 Å². The van der Waals surface area contributed by atoms with Gasteiger partial charge < -0.3 is 19.3 Å². The summed E-state index contributed by atoms with van der Waals surface area (Å²) in [4.78, 5) is 42.9. The monoisotopic (exact) mass is 811 g/mol. The smallest absolute Gasteiger partial charge is 0.462 e. The molecule has 8 nitrogen and oxygen atoms in total. The first-order valence-electron chi connectivity index (χ1n) is 23.3. The van der Waals surface area contributed by atoms with Crippen molar-refractivity contribution < 1.29 is 37.9 Å². The number of phosphoric acid groups is 1. The number of ether oxygens (including phenoxy) is 2. The Hall–Kier alpha value is -1.73. The summed E-state index contributed by atoms with van der Waals surface area (Å²) in [5, 5.41) is 0. The van der Waals surface area contributed by atoms with Crippen LogP contribution in [0.15, 0.2) is 36.5 Å². The molecule has 0 saturated carbocycles. The highest BCUT2D eigenvalue weighted by atomic mass is 31.2. The molecule has 0 saturated heterocycles. The van der Waals surface area contributed by atoms with Crippen LogP contribution in [0.5, 0.6) is 0 Å². The zero-order valence-corrected chi connectivity index (χ0v) is 37.2. The minimum Gasteiger partial charge on any atom is -0.462 e. The third-order valence-electron chi connectivity index (χ3n) is 10.1. The molecule has 0 aliphatic heterocycles. The SMILES string of the molecule is CCCCCCCCCCC/C=C/CCCCC(=O)OC[C@H](COP(=O)(O)O)OC(=O)CCC/C=C/CC/C=C/CCCCCCCCCCCCCCCC. The predicted molar refractivity (Wildman–Crippen MR) is 235 cm³/mol. The van der Waals surface area contributed by atoms with Gasteiger partial charge >= 0.3 is 19.8 Å². The average Bonchev–Trinajstić information content (AvgIpc) is 3.17. The van der Waals surface area contributed by atoms with Crippen molar-refractivity contribution in [3.63, 3.8) is 0 Å². The Morgan fingerprint density at radius 3 is 1.20 bits per heavy atom. The van der Waals surface area contributed by atoms with Gasteiger partial charge in [-0.05, 0) is 70.6 Å². The summed E-state index contributed by atoms with van der Waals surface area (Å²) >= 11 is 0. The molecule has 0 aromatic rings. The van der Waals surface area contributed by atoms with E-state index in [4.69, 9.17) is 19.3 Å². The van der Waals surface area contributed by atoms with Crippen LogP contribution in [0.3, 0.4) is 0 Å². The van der Waals surface area contributed by atoms with Crippen molar-refractivity contribution in [3.8, 4) is 0 Å². The first kappa shape index (κ1) is 54.3. The van der Waals surface area contributed by atoms with Crippen LogP contribution in [0.25, 0.3) is 0 Å². The summed E-state index contributed by atoms with van der Waals surface area (Å²) in [5.74, 6) is -0.954. The second kappa shape index (κ2) is 42.9. The number of carbonyl (C=O) groups is 2. The summed E-state index contributed by atoms with van der Waals surface area (Å²) < 4.78 is 26.4. The van der Waals surface area contributed by atoms with Crippen LogP contribution >= 0.6 is 7.82 Å². The van der Waals surface area contributed by atoms with Crippen LogP contribution in [0.2, 0.25) is 0 Å². The summed E-state index contributed by atoms with van der Waals surface area (Å²) in [7, 11) is -4.77. The predicted octanol–water partition coefficient (Wildman–Crippen LogP) is 14.5. The highest BCUT2D eigenvalue weighted by Crippen LogP contribution is 2.36. The fraction of sp³-hybridized carbons (Fsp3) is 0.830. The molecule has 0 heterocycles. The molecule has 56 heavy (non-hydrogen) atoms. The molecule has 0 aliphatic carbocycles. The van der Waals surface area contributed by atoms with E-state index < -0.39 is 32.5 Å². The lowest BCUT2D eigenvalue weighted by molar-refractivity contribution is -0.161. The van der Waals surface area contributed by atoms with E-state index in [2.05, 4.69) is 54.8 Å². The third kappa shape index (κ3) is 45.0. The Kier molecular flexibility index (Phi) is 41.5. The Labute approximate surface area is 344 Å². The van der Waals surface area contributed by atoms with E-state index in [0.717, 1.165) is 44.9 Å². The van der Waals surface area contributed by atoms with E-state index in [1.807, 2.05) is 0 Å². The van der Waals surface area contributed by atoms with Gasteiger partial charge in [-0.3, -0.25) is 14.1 Å². The quantitative estimate of drug-likeness (QED) is 0.0270. The van der Waals surface area contributed by atoms with E-state index in [0.29, 0.717) is 12.8 Å². The Morgan fingerprint density at radius 1 is 0.446 bits per heavy atom. The molecule has 328 valence electrons. The van der Waals surface area contributed by atoms with E-state index in [9.17, 15) is 14.2 Å². The van der Waals surface area contributed by atoms with E-state index in [1.54, 1.807) is 0 Å². The first-order valence-corrected chi connectivity index (χ1v) is 24.8. The number of rotatable bonds is 43. The maximum atomic E-state index is 12.4. The zero-order valence-electron chi connectivity index (χ0n) is 36.3. The van der Waals surface area contributed by atoms with Crippen molar-refractivity contribution in [2.45, 2.75) is 238 Å². The first-order chi connectivity index (χ1) is 27.3. The van der Waals surface area contributed by atoms with Crippen LogP contribution in [0, 0.1) is 0 Å². The van der Waals surface area contributed by atoms with Gasteiger partial charge in [-0.25, -0.2) is 4.57 Å². The molecule has 0 rings (SSSR count). The molecule has 0 aromatic carbocycles. The molecular formula is C47H87O8P. The molecular weight excluding hydrogens is 723 g/mol. The third-order valence-corrected chi connectivity index (χ3v) is 10.6. The lowest BCUT2D eigenvalue weighted by Gasteiger charge is -2.18. The summed E-state index contributed by atoms with van der Waals surface area (Å²) in [6.07, 6.45) is 51.8. The molecule has 2 N–H and O–H groups in total. The Morgan fingerprint density at radius 2 is 0.786 bits per heavy atom. The van der Waals surface area contributed by atoms with Crippen molar-refractivity contribution in [2.75, 3.05) is 13.2 Å². The molecule has 0 fully saturated rings.